The predicted molar refractivity (Wildman–Crippen MR) is 211 cm³/mol. The number of phenols is 2. The quantitative estimate of drug-likeness (QED) is 0.0425. The molecule has 6 rings (SSSR count). The van der Waals surface area contributed by atoms with Crippen LogP contribution in [0, 0.1) is 0 Å². The van der Waals surface area contributed by atoms with E-state index in [0.717, 1.165) is 24.3 Å². The normalized spacial score (nSPS) is 12.6. The van der Waals surface area contributed by atoms with E-state index in [9.17, 15) is 62.1 Å². The Hall–Kier alpha value is -5.52. The molecule has 6 aromatic rings. The molecule has 27 heteroatoms. The molecule has 0 bridgehead atoms. The number of benzene rings is 6. The molecule has 6 aromatic carbocycles. The number of methoxy groups -OCH3 is 2. The number of nitrogens with two attached hydrogens (primary N) is 2. The van der Waals surface area contributed by atoms with Gasteiger partial charge in [-0.1, -0.05) is 24.3 Å². The molecule has 0 atom stereocenters. The van der Waals surface area contributed by atoms with Crippen molar-refractivity contribution >= 4 is 96.1 Å². The number of hydrogen-bond acceptors (Lipinski definition) is 19. The maximum absolute atomic E-state index is 12.0. The van der Waals surface area contributed by atoms with Gasteiger partial charge in [-0.15, -0.1) is 20.5 Å². The Balaban J connectivity index is 0.00000704. The summed E-state index contributed by atoms with van der Waals surface area (Å²) in [6.45, 7) is 0. The fourth-order valence-corrected chi connectivity index (χ4v) is 8.87. The van der Waals surface area contributed by atoms with Crippen LogP contribution in [0.5, 0.6) is 23.0 Å². The first-order valence-electron chi connectivity index (χ1n) is 16.1. The zero-order valence-corrected chi connectivity index (χ0v) is 36.5. The van der Waals surface area contributed by atoms with Crippen molar-refractivity contribution in [2.75, 3.05) is 25.7 Å². The first kappa shape index (κ1) is 46.5. The van der Waals surface area contributed by atoms with Crippen molar-refractivity contribution < 1.29 is 101 Å². The van der Waals surface area contributed by atoms with E-state index in [4.69, 9.17) is 20.9 Å². The van der Waals surface area contributed by atoms with Crippen LogP contribution < -0.4 is 50.5 Å². The van der Waals surface area contributed by atoms with Gasteiger partial charge < -0.3 is 35.7 Å². The summed E-state index contributed by atoms with van der Waals surface area (Å²) < 4.78 is 147. The Labute approximate surface area is 367 Å². The van der Waals surface area contributed by atoms with E-state index in [1.165, 1.54) is 26.4 Å². The van der Waals surface area contributed by atoms with E-state index in [1.54, 1.807) is 24.3 Å². The van der Waals surface area contributed by atoms with Crippen LogP contribution in [0.3, 0.4) is 0 Å². The number of anilines is 2. The summed E-state index contributed by atoms with van der Waals surface area (Å²) in [6, 6.07) is 14.4. The Kier molecular flexibility index (Phi) is 12.8. The Morgan fingerprint density at radius 2 is 0.836 bits per heavy atom. The van der Waals surface area contributed by atoms with Gasteiger partial charge in [-0.25, -0.2) is 8.42 Å². The summed E-state index contributed by atoms with van der Waals surface area (Å²) in [7, 11) is -18.0. The number of nitrogen functional groups attached to an aromatic ring is 2. The van der Waals surface area contributed by atoms with Crippen LogP contribution in [-0.2, 0) is 40.5 Å². The largest absolute Gasteiger partial charge is 1.00 e. The second kappa shape index (κ2) is 16.7. The zero-order chi connectivity index (χ0) is 44.3. The number of ether oxygens (including phenoxy) is 2. The van der Waals surface area contributed by atoms with Crippen molar-refractivity contribution in [1.82, 2.24) is 0 Å². The van der Waals surface area contributed by atoms with E-state index in [0.29, 0.717) is 23.3 Å². The molecular weight excluding hydrogens is 900 g/mol. The molecule has 0 unspecified atom stereocenters. The number of hydrogen-bond donors (Lipinski definition) is 7. The molecule has 0 spiro atoms. The van der Waals surface area contributed by atoms with Gasteiger partial charge in [0.15, 0.2) is 11.5 Å². The third-order valence-electron chi connectivity index (χ3n) is 8.76. The third-order valence-corrected chi connectivity index (χ3v) is 12.3. The van der Waals surface area contributed by atoms with Gasteiger partial charge in [-0.3, -0.25) is 13.7 Å². The summed E-state index contributed by atoms with van der Waals surface area (Å²) >= 11 is 0. The second-order valence-electron chi connectivity index (χ2n) is 12.3. The number of fused-ring (bicyclic) bond motifs is 2. The maximum atomic E-state index is 12.0. The number of nitrogens with zero attached hydrogens (tertiary/aromatic N) is 4. The molecule has 0 aliphatic heterocycles. The summed E-state index contributed by atoms with van der Waals surface area (Å²) in [5, 5.41) is 36.1. The van der Waals surface area contributed by atoms with Gasteiger partial charge >= 0.3 is 29.6 Å². The monoisotopic (exact) mass is 926 g/mol. The van der Waals surface area contributed by atoms with E-state index >= 15 is 0 Å². The fraction of sp³-hybridized carbons (Fsp3) is 0.0588. The first-order chi connectivity index (χ1) is 27.9. The van der Waals surface area contributed by atoms with Crippen molar-refractivity contribution in [3.63, 3.8) is 0 Å². The standard InChI is InChI=1S/C34H28N6O16S4.Na/c1-55-23-11-15(3-7-19(23)37-39-21-9-5-17-25(57(43,44)45)13-27(59(49,50)51)31(35)29(17)33(21)41)16-4-8-20(24(12-16)56-2)38-40-22-10-6-18-26(58(46,47)48)14-28(60(52,53)54)32(36)30(18)34(22)42;/h3-14,41-42H,35-36H2,1-2H3,(H,43,44,45)(H,46,47,48)(H,49,50,51)(H,52,53,54);/q;+1/p-1. The van der Waals surface area contributed by atoms with E-state index in [1.807, 2.05) is 0 Å². The molecule has 22 nitrogen and oxygen atoms in total. The third kappa shape index (κ3) is 9.09. The Bertz CT molecular complexity index is 3130. The minimum Gasteiger partial charge on any atom is -0.744 e. The van der Waals surface area contributed by atoms with Crippen LogP contribution in [0.25, 0.3) is 32.7 Å². The molecule has 0 saturated carbocycles. The van der Waals surface area contributed by atoms with Gasteiger partial charge in [0, 0.05) is 10.8 Å². The van der Waals surface area contributed by atoms with Crippen molar-refractivity contribution in [1.29, 1.82) is 0 Å². The average molecular weight is 927 g/mol. The number of aromatic hydroxyl groups is 2. The minimum atomic E-state index is -5.33. The summed E-state index contributed by atoms with van der Waals surface area (Å²) in [5.41, 5.74) is 10.9. The average Bonchev–Trinajstić information content (AvgIpc) is 3.15. The molecule has 314 valence electrons. The molecule has 0 amide bonds. The zero-order valence-electron chi connectivity index (χ0n) is 31.2. The van der Waals surface area contributed by atoms with Crippen molar-refractivity contribution in [3.05, 3.63) is 72.8 Å². The van der Waals surface area contributed by atoms with Crippen molar-refractivity contribution in [3.8, 4) is 34.1 Å². The molecule has 0 heterocycles. The van der Waals surface area contributed by atoms with E-state index in [2.05, 4.69) is 20.5 Å². The molecule has 0 aliphatic rings. The van der Waals surface area contributed by atoms with Crippen LogP contribution >= 0.6 is 0 Å². The molecule has 0 fully saturated rings. The van der Waals surface area contributed by atoms with E-state index in [-0.39, 0.29) is 69.2 Å². The van der Waals surface area contributed by atoms with Crippen LogP contribution in [0.4, 0.5) is 34.1 Å². The molecule has 0 aliphatic carbocycles. The molecule has 9 N–H and O–H groups in total. The predicted octanol–water partition coefficient (Wildman–Crippen LogP) is 2.73. The number of rotatable bonds is 11. The minimum absolute atomic E-state index is 0. The van der Waals surface area contributed by atoms with Gasteiger partial charge in [-0.05, 0) is 59.7 Å². The molecule has 61 heavy (non-hydrogen) atoms. The molecule has 0 saturated heterocycles. The number of azo groups is 2. The Morgan fingerprint density at radius 1 is 0.508 bits per heavy atom. The molecular formula is C34H27N6NaO16S4. The summed E-state index contributed by atoms with van der Waals surface area (Å²) in [6.07, 6.45) is 0. The smallest absolute Gasteiger partial charge is 0.744 e. The second-order valence-corrected chi connectivity index (χ2v) is 17.9. The van der Waals surface area contributed by atoms with Crippen molar-refractivity contribution in [2.45, 2.75) is 19.6 Å². The van der Waals surface area contributed by atoms with E-state index < -0.39 is 99.1 Å². The molecule has 0 radical (unpaired) electrons. The topological polar surface area (TPSA) is 381 Å². The SMILES string of the molecule is COc1cc(-c2ccc(N=Nc3ccc4c(S(=O)(=O)O)cc(S(=O)(=O)O)c(N)c4c3O)c(OC)c2)ccc1N=Nc1ccc2c(S(=O)(=O)[O-])cc(S(=O)(=O)O)c(N)c2c1O.[Na+]. The van der Waals surface area contributed by atoms with Crippen molar-refractivity contribution in [2.24, 2.45) is 20.5 Å². The van der Waals surface area contributed by atoms with Crippen LogP contribution in [0.15, 0.2) is 113 Å². The van der Waals surface area contributed by atoms with Crippen LogP contribution in [-0.4, -0.2) is 76.3 Å². The summed E-state index contributed by atoms with van der Waals surface area (Å²) in [5.74, 6) is -1.40. The maximum Gasteiger partial charge on any atom is 1.00 e. The number of phenolic OH excluding ortho intramolecular Hbond substituents is 2. The first-order valence-corrected chi connectivity index (χ1v) is 21.8. The fourth-order valence-electron chi connectivity index (χ4n) is 6.02. The summed E-state index contributed by atoms with van der Waals surface area (Å²) in [4.78, 5) is -4.26. The molecule has 0 aromatic heterocycles. The van der Waals surface area contributed by atoms with Gasteiger partial charge in [-0.2, -0.15) is 25.3 Å². The van der Waals surface area contributed by atoms with Gasteiger partial charge in [0.2, 0.25) is 0 Å². The van der Waals surface area contributed by atoms with Gasteiger partial charge in [0.05, 0.1) is 41.3 Å². The van der Waals surface area contributed by atoms with Crippen LogP contribution in [0.1, 0.15) is 0 Å². The van der Waals surface area contributed by atoms with Gasteiger partial charge in [0.1, 0.15) is 59.1 Å². The van der Waals surface area contributed by atoms with Crippen LogP contribution in [0.2, 0.25) is 0 Å². The van der Waals surface area contributed by atoms with Gasteiger partial charge in [0.25, 0.3) is 30.4 Å². The Morgan fingerprint density at radius 3 is 1.18 bits per heavy atom.